The first-order valence-electron chi connectivity index (χ1n) is 12.9. The lowest BCUT2D eigenvalue weighted by Gasteiger charge is -2.41. The highest BCUT2D eigenvalue weighted by molar-refractivity contribution is 5.76. The summed E-state index contributed by atoms with van der Waals surface area (Å²) in [5.74, 6) is -16.4. The van der Waals surface area contributed by atoms with Crippen LogP contribution in [0.3, 0.4) is 0 Å². The Labute approximate surface area is 263 Å². The average Bonchev–Trinajstić information content (AvgIpc) is 2.86. The van der Waals surface area contributed by atoms with E-state index in [9.17, 15) is 93.0 Å². The Morgan fingerprint density at radius 3 is 0.980 bits per heavy atom. The molecule has 0 aromatic heterocycles. The van der Waals surface area contributed by atoms with Crippen LogP contribution in [-0.2, 0) is 19.1 Å². The normalized spacial score (nSPS) is 16.3. The number of carbonyl (C=O) groups excluding carboxylic acids is 2. The number of carbonyl (C=O) groups is 2. The number of aliphatic hydroxyl groups is 2. The van der Waals surface area contributed by atoms with E-state index < -0.39 is 88.9 Å². The molecule has 2 N–H and O–H groups in total. The molecule has 2 unspecified atom stereocenters. The van der Waals surface area contributed by atoms with Crippen LogP contribution in [0.1, 0.15) is 61.3 Å². The summed E-state index contributed by atoms with van der Waals surface area (Å²) in [7, 11) is 0. The van der Waals surface area contributed by atoms with Crippen molar-refractivity contribution in [3.05, 3.63) is 0 Å². The second kappa shape index (κ2) is 14.3. The van der Waals surface area contributed by atoms with Crippen molar-refractivity contribution in [2.24, 2.45) is 10.8 Å². The lowest BCUT2D eigenvalue weighted by Crippen LogP contribution is -2.73. The van der Waals surface area contributed by atoms with E-state index in [0.29, 0.717) is 0 Å². The Bertz CT molecular complexity index is 1100. The van der Waals surface area contributed by atoms with Crippen molar-refractivity contribution in [3.63, 3.8) is 0 Å². The molecule has 0 spiro atoms. The fourth-order valence-electron chi connectivity index (χ4n) is 2.86. The predicted octanol–water partition coefficient (Wildman–Crippen LogP) is 8.23. The minimum atomic E-state index is -7.27. The molecule has 2 atom stereocenters. The molecule has 0 aromatic carbocycles. The summed E-state index contributed by atoms with van der Waals surface area (Å²) in [6.45, 7) is 6.89. The maximum absolute atomic E-state index is 13.8. The highest BCUT2D eigenvalue weighted by Gasteiger charge is 2.87. The van der Waals surface area contributed by atoms with Crippen LogP contribution in [0.25, 0.3) is 0 Å². The predicted molar refractivity (Wildman–Crippen MR) is 124 cm³/mol. The van der Waals surface area contributed by atoms with Gasteiger partial charge in [0.1, 0.15) is 0 Å². The summed E-state index contributed by atoms with van der Waals surface area (Å²) in [5, 5.41) is 17.4. The van der Waals surface area contributed by atoms with Crippen molar-refractivity contribution in [1.82, 2.24) is 0 Å². The summed E-state index contributed by atoms with van der Waals surface area (Å²) >= 11 is 0. The molecular formula is C24H29F19O6. The monoisotopic (exact) mass is 774 g/mol. The van der Waals surface area contributed by atoms with Crippen molar-refractivity contribution in [3.8, 4) is 0 Å². The van der Waals surface area contributed by atoms with E-state index in [2.05, 4.69) is 9.47 Å². The van der Waals surface area contributed by atoms with Crippen LogP contribution in [-0.4, -0.2) is 88.3 Å². The first-order valence-corrected chi connectivity index (χ1v) is 12.9. The van der Waals surface area contributed by atoms with Crippen molar-refractivity contribution in [2.45, 2.75) is 127 Å². The molecule has 0 aliphatic rings. The van der Waals surface area contributed by atoms with E-state index in [1.807, 2.05) is 0 Å². The van der Waals surface area contributed by atoms with Crippen molar-refractivity contribution < 1.29 is 113 Å². The first kappa shape index (κ1) is 48.6. The summed E-state index contributed by atoms with van der Waals surface area (Å²) < 4.78 is 251. The van der Waals surface area contributed by atoms with E-state index in [0.717, 1.165) is 13.8 Å². The van der Waals surface area contributed by atoms with Gasteiger partial charge in [0.05, 0.1) is 10.8 Å². The smallest absolute Gasteiger partial charge is 0.432 e. The number of alkyl halides is 19. The summed E-state index contributed by atoms with van der Waals surface area (Å²) in [4.78, 5) is 23.1. The number of hydrogen-bond donors (Lipinski definition) is 2. The van der Waals surface area contributed by atoms with Gasteiger partial charge in [-0.2, -0.15) is 83.4 Å². The van der Waals surface area contributed by atoms with Gasteiger partial charge in [0.2, 0.25) is 0 Å². The Morgan fingerprint density at radius 2 is 0.755 bits per heavy atom. The maximum atomic E-state index is 13.8. The number of halogens is 19. The third-order valence-electron chi connectivity index (χ3n) is 7.12. The van der Waals surface area contributed by atoms with Gasteiger partial charge in [0.25, 0.3) is 6.10 Å². The zero-order chi connectivity index (χ0) is 40.6. The quantitative estimate of drug-likeness (QED) is 0.172. The number of esters is 2. The van der Waals surface area contributed by atoms with Gasteiger partial charge in [-0.05, 0) is 47.5 Å². The molecule has 6 nitrogen and oxygen atoms in total. The molecule has 0 heterocycles. The van der Waals surface area contributed by atoms with Gasteiger partial charge in [-0.3, -0.25) is 9.59 Å². The zero-order valence-corrected chi connectivity index (χ0v) is 25.8. The summed E-state index contributed by atoms with van der Waals surface area (Å²) in [6, 6.07) is 0. The molecule has 0 amide bonds. The molecule has 0 fully saturated rings. The maximum Gasteiger partial charge on any atom is 0.432 e. The van der Waals surface area contributed by atoms with E-state index >= 15 is 0 Å². The number of hydrogen-bond acceptors (Lipinski definition) is 6. The first-order chi connectivity index (χ1) is 20.9. The minimum Gasteiger partial charge on any atom is -0.456 e. The van der Waals surface area contributed by atoms with Gasteiger partial charge in [-0.25, -0.2) is 0 Å². The Balaban J connectivity index is 0. The highest BCUT2D eigenvalue weighted by Crippen LogP contribution is 2.56. The third kappa shape index (κ3) is 9.45. The molecular weight excluding hydrogens is 745 g/mol. The van der Waals surface area contributed by atoms with Crippen LogP contribution in [0.15, 0.2) is 0 Å². The average molecular weight is 774 g/mol. The van der Waals surface area contributed by atoms with Crippen LogP contribution in [0, 0.1) is 10.8 Å². The molecule has 0 rings (SSSR count). The van der Waals surface area contributed by atoms with Crippen LogP contribution in [0.2, 0.25) is 0 Å². The van der Waals surface area contributed by atoms with Gasteiger partial charge in [-0.15, -0.1) is 0 Å². The van der Waals surface area contributed by atoms with Crippen LogP contribution >= 0.6 is 0 Å². The molecule has 0 radical (unpaired) electrons. The van der Waals surface area contributed by atoms with Gasteiger partial charge in [-0.1, -0.05) is 13.8 Å². The molecule has 0 saturated carbocycles. The molecule has 49 heavy (non-hydrogen) atoms. The molecule has 0 saturated heterocycles. The fraction of sp³-hybridized carbons (Fsp3) is 0.917. The van der Waals surface area contributed by atoms with Gasteiger partial charge < -0.3 is 19.7 Å². The highest BCUT2D eigenvalue weighted by atomic mass is 19.4. The molecule has 0 bridgehead atoms. The standard InChI is InChI=1S/C12H13F11O3.C12H16F8O3/c1-4-7(2,3)6(24)26-5(9(15,16)17)8(13,14)10(25,11(18,19)20)12(21,22)23;1-5-8(3,4)7(21)23-6(2)9(13,14)10(22,11(15,16)17)12(18,19)20/h5,25H,4H2,1-3H3;6,22H,5H2,1-4H3. The largest absolute Gasteiger partial charge is 0.456 e. The zero-order valence-electron chi connectivity index (χ0n) is 25.8. The SMILES string of the molecule is CCC(C)(C)C(=O)OC(C(F)(F)F)C(F)(F)C(O)(C(F)(F)F)C(F)(F)F.CCC(C)(C)C(=O)OC(C)C(F)(F)C(O)(C(F)(F)F)C(F)(F)F. The minimum absolute atomic E-state index is 0.0347. The molecule has 0 aromatic rings. The molecule has 25 heteroatoms. The Morgan fingerprint density at radius 1 is 0.510 bits per heavy atom. The summed E-state index contributed by atoms with van der Waals surface area (Å²) in [6.07, 6.45) is -43.3. The van der Waals surface area contributed by atoms with Gasteiger partial charge in [0, 0.05) is 0 Å². The second-order valence-corrected chi connectivity index (χ2v) is 11.5. The number of rotatable bonds is 10. The lowest BCUT2D eigenvalue weighted by atomic mass is 9.88. The van der Waals surface area contributed by atoms with E-state index in [4.69, 9.17) is 10.2 Å². The van der Waals surface area contributed by atoms with Crippen molar-refractivity contribution in [2.75, 3.05) is 0 Å². The third-order valence-corrected chi connectivity index (χ3v) is 7.12. The fourth-order valence-corrected chi connectivity index (χ4v) is 2.86. The lowest BCUT2D eigenvalue weighted by molar-refractivity contribution is -0.445. The van der Waals surface area contributed by atoms with Crippen LogP contribution < -0.4 is 0 Å². The van der Waals surface area contributed by atoms with Crippen LogP contribution in [0.5, 0.6) is 0 Å². The van der Waals surface area contributed by atoms with E-state index in [1.54, 1.807) is 0 Å². The van der Waals surface area contributed by atoms with Gasteiger partial charge >= 0.3 is 65.9 Å². The molecule has 294 valence electrons. The Hall–Kier alpha value is -2.47. The molecule has 0 aliphatic carbocycles. The van der Waals surface area contributed by atoms with Crippen molar-refractivity contribution in [1.29, 1.82) is 0 Å². The van der Waals surface area contributed by atoms with E-state index in [1.165, 1.54) is 27.7 Å². The Kier molecular flexibility index (Phi) is 14.2. The van der Waals surface area contributed by atoms with Gasteiger partial charge in [0.15, 0.2) is 6.10 Å². The van der Waals surface area contributed by atoms with E-state index in [-0.39, 0.29) is 19.8 Å². The van der Waals surface area contributed by atoms with Crippen molar-refractivity contribution >= 4 is 11.9 Å². The topological polar surface area (TPSA) is 93.1 Å². The number of ether oxygens (including phenoxy) is 2. The summed E-state index contributed by atoms with van der Waals surface area (Å²) in [5.41, 5.74) is -16.8. The second-order valence-electron chi connectivity index (χ2n) is 11.5. The van der Waals surface area contributed by atoms with Crippen LogP contribution in [0.4, 0.5) is 83.4 Å². The molecule has 0 aliphatic heterocycles.